The van der Waals surface area contributed by atoms with Crippen molar-refractivity contribution in [3.05, 3.63) is 35.9 Å². The zero-order valence-electron chi connectivity index (χ0n) is 16.4. The Morgan fingerprint density at radius 1 is 0.963 bits per heavy atom. The maximum absolute atomic E-state index is 12.2. The van der Waals surface area contributed by atoms with Gasteiger partial charge in [0.2, 0.25) is 11.8 Å². The fourth-order valence-corrected chi connectivity index (χ4v) is 3.83. The number of hydrogen-bond acceptors (Lipinski definition) is 4. The number of nitrogens with one attached hydrogen (secondary N) is 1. The monoisotopic (exact) mass is 372 g/mol. The van der Waals surface area contributed by atoms with Crippen LogP contribution in [0.3, 0.4) is 0 Å². The van der Waals surface area contributed by atoms with E-state index in [1.54, 1.807) is 0 Å². The van der Waals surface area contributed by atoms with E-state index in [-0.39, 0.29) is 17.9 Å². The highest BCUT2D eigenvalue weighted by atomic mass is 16.2. The predicted octanol–water partition coefficient (Wildman–Crippen LogP) is 1.49. The Bertz CT molecular complexity index is 608. The summed E-state index contributed by atoms with van der Waals surface area (Å²) in [5.41, 5.74) is 1.13. The van der Waals surface area contributed by atoms with Crippen molar-refractivity contribution in [1.29, 1.82) is 0 Å². The second-order valence-electron chi connectivity index (χ2n) is 7.66. The predicted molar refractivity (Wildman–Crippen MR) is 106 cm³/mol. The van der Waals surface area contributed by atoms with Gasteiger partial charge in [-0.3, -0.25) is 14.5 Å². The fourth-order valence-electron chi connectivity index (χ4n) is 3.83. The van der Waals surface area contributed by atoms with Crippen LogP contribution in [0.4, 0.5) is 0 Å². The minimum absolute atomic E-state index is 0.0344. The van der Waals surface area contributed by atoms with Gasteiger partial charge in [-0.05, 0) is 25.3 Å². The van der Waals surface area contributed by atoms with Crippen LogP contribution in [0.15, 0.2) is 30.3 Å². The number of carbonyl (C=O) groups is 2. The Morgan fingerprint density at radius 3 is 2.26 bits per heavy atom. The molecule has 0 aliphatic carbocycles. The molecule has 0 unspecified atom stereocenters. The Kier molecular flexibility index (Phi) is 7.24. The number of carbonyl (C=O) groups excluding carboxylic acids is 2. The van der Waals surface area contributed by atoms with Gasteiger partial charge in [0.05, 0.1) is 12.6 Å². The molecule has 0 spiro atoms. The van der Waals surface area contributed by atoms with E-state index in [0.717, 1.165) is 64.2 Å². The number of nitrogens with zero attached hydrogens (tertiary/aromatic N) is 3. The van der Waals surface area contributed by atoms with E-state index in [1.807, 2.05) is 42.2 Å². The molecule has 2 aliphatic heterocycles. The molecule has 2 amide bonds. The van der Waals surface area contributed by atoms with Crippen LogP contribution in [0, 0.1) is 0 Å². The highest BCUT2D eigenvalue weighted by Gasteiger charge is 2.23. The van der Waals surface area contributed by atoms with Crippen LogP contribution in [-0.2, 0) is 9.59 Å². The van der Waals surface area contributed by atoms with Crippen molar-refractivity contribution in [2.24, 2.45) is 0 Å². The van der Waals surface area contributed by atoms with Gasteiger partial charge < -0.3 is 15.1 Å². The highest BCUT2D eigenvalue weighted by molar-refractivity contribution is 5.78. The van der Waals surface area contributed by atoms with E-state index in [1.165, 1.54) is 0 Å². The molecular formula is C21H32N4O2. The van der Waals surface area contributed by atoms with Gasteiger partial charge in [-0.25, -0.2) is 0 Å². The molecule has 0 bridgehead atoms. The molecule has 27 heavy (non-hydrogen) atoms. The molecule has 148 valence electrons. The molecule has 0 saturated carbocycles. The standard InChI is InChI=1S/C21H32N4O2/c1-18(19-7-3-2-4-8-19)22-20(26)9-12-23-13-15-24(16-14-23)17-21(27)25-10-5-6-11-25/h2-4,7-8,18H,5-6,9-17H2,1H3,(H,22,26)/t18-/m1/s1. The zero-order chi connectivity index (χ0) is 19.1. The number of hydrogen-bond donors (Lipinski definition) is 1. The lowest BCUT2D eigenvalue weighted by Crippen LogP contribution is -2.50. The van der Waals surface area contributed by atoms with Crippen LogP contribution in [0.5, 0.6) is 0 Å². The van der Waals surface area contributed by atoms with Crippen LogP contribution in [0.2, 0.25) is 0 Å². The Hall–Kier alpha value is -1.92. The average molecular weight is 373 g/mol. The van der Waals surface area contributed by atoms with E-state index < -0.39 is 0 Å². The molecule has 1 N–H and O–H groups in total. The molecule has 6 nitrogen and oxygen atoms in total. The normalized spacial score (nSPS) is 19.8. The van der Waals surface area contributed by atoms with Crippen molar-refractivity contribution >= 4 is 11.8 Å². The van der Waals surface area contributed by atoms with Gasteiger partial charge in [-0.2, -0.15) is 0 Å². The first-order valence-corrected chi connectivity index (χ1v) is 10.2. The lowest BCUT2D eigenvalue weighted by molar-refractivity contribution is -0.131. The molecule has 1 aromatic rings. The van der Waals surface area contributed by atoms with Gasteiger partial charge in [0.15, 0.2) is 0 Å². The molecule has 2 aliphatic rings. The Morgan fingerprint density at radius 2 is 1.59 bits per heavy atom. The van der Waals surface area contributed by atoms with Gasteiger partial charge in [-0.15, -0.1) is 0 Å². The molecule has 0 aromatic heterocycles. The van der Waals surface area contributed by atoms with Crippen molar-refractivity contribution in [3.8, 4) is 0 Å². The second kappa shape index (κ2) is 9.85. The summed E-state index contributed by atoms with van der Waals surface area (Å²) in [7, 11) is 0. The van der Waals surface area contributed by atoms with Crippen molar-refractivity contribution in [2.45, 2.75) is 32.2 Å². The van der Waals surface area contributed by atoms with Crippen molar-refractivity contribution in [2.75, 3.05) is 52.4 Å². The van der Waals surface area contributed by atoms with E-state index >= 15 is 0 Å². The third-order valence-electron chi connectivity index (χ3n) is 5.61. The van der Waals surface area contributed by atoms with Crippen LogP contribution in [-0.4, -0.2) is 78.9 Å². The maximum Gasteiger partial charge on any atom is 0.236 e. The zero-order valence-corrected chi connectivity index (χ0v) is 16.4. The molecule has 3 rings (SSSR count). The Labute approximate surface area is 162 Å². The van der Waals surface area contributed by atoms with Crippen molar-refractivity contribution in [3.63, 3.8) is 0 Å². The molecule has 2 saturated heterocycles. The summed E-state index contributed by atoms with van der Waals surface area (Å²) in [6, 6.07) is 10.1. The van der Waals surface area contributed by atoms with Crippen molar-refractivity contribution in [1.82, 2.24) is 20.0 Å². The number of rotatable bonds is 7. The first-order valence-electron chi connectivity index (χ1n) is 10.2. The minimum Gasteiger partial charge on any atom is -0.350 e. The number of amides is 2. The summed E-state index contributed by atoms with van der Waals surface area (Å²) in [6.45, 7) is 8.85. The topological polar surface area (TPSA) is 55.9 Å². The summed E-state index contributed by atoms with van der Waals surface area (Å²) in [5, 5.41) is 3.08. The lowest BCUT2D eigenvalue weighted by atomic mass is 10.1. The molecule has 2 heterocycles. The van der Waals surface area contributed by atoms with E-state index in [2.05, 4.69) is 15.1 Å². The molecule has 1 atom stereocenters. The fraction of sp³-hybridized carbons (Fsp3) is 0.619. The van der Waals surface area contributed by atoms with Crippen LogP contribution < -0.4 is 5.32 Å². The first kappa shape index (κ1) is 19.8. The quantitative estimate of drug-likeness (QED) is 0.788. The molecule has 2 fully saturated rings. The van der Waals surface area contributed by atoms with Gasteiger partial charge in [0.1, 0.15) is 0 Å². The summed E-state index contributed by atoms with van der Waals surface area (Å²) in [4.78, 5) is 31.0. The summed E-state index contributed by atoms with van der Waals surface area (Å²) in [6.07, 6.45) is 2.80. The van der Waals surface area contributed by atoms with Crippen LogP contribution in [0.25, 0.3) is 0 Å². The van der Waals surface area contributed by atoms with E-state index in [0.29, 0.717) is 13.0 Å². The van der Waals surface area contributed by atoms with Gasteiger partial charge >= 0.3 is 0 Å². The molecule has 1 aromatic carbocycles. The maximum atomic E-state index is 12.2. The third-order valence-corrected chi connectivity index (χ3v) is 5.61. The molecule has 6 heteroatoms. The van der Waals surface area contributed by atoms with E-state index in [9.17, 15) is 9.59 Å². The third kappa shape index (κ3) is 6.04. The van der Waals surface area contributed by atoms with E-state index in [4.69, 9.17) is 0 Å². The van der Waals surface area contributed by atoms with Crippen molar-refractivity contribution < 1.29 is 9.59 Å². The molecule has 0 radical (unpaired) electrons. The smallest absolute Gasteiger partial charge is 0.236 e. The van der Waals surface area contributed by atoms with Gasteiger partial charge in [0, 0.05) is 52.2 Å². The second-order valence-corrected chi connectivity index (χ2v) is 7.66. The van der Waals surface area contributed by atoms with Gasteiger partial charge in [-0.1, -0.05) is 30.3 Å². The summed E-state index contributed by atoms with van der Waals surface area (Å²) >= 11 is 0. The first-order chi connectivity index (χ1) is 13.1. The number of benzene rings is 1. The SMILES string of the molecule is C[C@@H](NC(=O)CCN1CCN(CC(=O)N2CCCC2)CC1)c1ccccc1. The average Bonchev–Trinajstić information content (AvgIpc) is 3.23. The summed E-state index contributed by atoms with van der Waals surface area (Å²) in [5.74, 6) is 0.369. The van der Waals surface area contributed by atoms with Crippen LogP contribution >= 0.6 is 0 Å². The summed E-state index contributed by atoms with van der Waals surface area (Å²) < 4.78 is 0. The highest BCUT2D eigenvalue weighted by Crippen LogP contribution is 2.12. The lowest BCUT2D eigenvalue weighted by Gasteiger charge is -2.34. The number of piperazine rings is 1. The Balaban J connectivity index is 1.32. The number of likely N-dealkylation sites (tertiary alicyclic amines) is 1. The largest absolute Gasteiger partial charge is 0.350 e. The molecular weight excluding hydrogens is 340 g/mol. The van der Waals surface area contributed by atoms with Crippen LogP contribution in [0.1, 0.15) is 37.8 Å². The van der Waals surface area contributed by atoms with Gasteiger partial charge in [0.25, 0.3) is 0 Å². The minimum atomic E-state index is 0.0344.